The van der Waals surface area contributed by atoms with Crippen LogP contribution in [0.2, 0.25) is 0 Å². The Kier molecular flexibility index (Phi) is 4.52. The van der Waals surface area contributed by atoms with Crippen molar-refractivity contribution in [3.8, 4) is 5.69 Å². The predicted octanol–water partition coefficient (Wildman–Crippen LogP) is 2.00. The molecule has 25 heavy (non-hydrogen) atoms. The summed E-state index contributed by atoms with van der Waals surface area (Å²) >= 11 is 0. The van der Waals surface area contributed by atoms with E-state index < -0.39 is 0 Å². The summed E-state index contributed by atoms with van der Waals surface area (Å²) in [6.07, 6.45) is 6.04. The van der Waals surface area contributed by atoms with Crippen LogP contribution in [0.4, 0.5) is 0 Å². The van der Waals surface area contributed by atoms with Crippen LogP contribution in [0.3, 0.4) is 0 Å². The lowest BCUT2D eigenvalue weighted by Gasteiger charge is -2.22. The highest BCUT2D eigenvalue weighted by Crippen LogP contribution is 2.24. The van der Waals surface area contributed by atoms with Gasteiger partial charge in [0.1, 0.15) is 5.82 Å². The molecule has 0 atom stereocenters. The molecule has 2 aromatic heterocycles. The molecular weight excluding hydrogens is 314 g/mol. The van der Waals surface area contributed by atoms with Crippen LogP contribution in [0.1, 0.15) is 24.6 Å². The molecule has 0 amide bonds. The largest absolute Gasteiger partial charge is 0.352 e. The molecule has 1 aromatic carbocycles. The second-order valence-electron chi connectivity index (χ2n) is 6.48. The molecule has 0 bridgehead atoms. The lowest BCUT2D eigenvalue weighted by Crippen LogP contribution is -2.29. The Bertz CT molecular complexity index is 857. The first-order chi connectivity index (χ1) is 12.3. The van der Waals surface area contributed by atoms with Crippen molar-refractivity contribution in [1.29, 1.82) is 0 Å². The number of para-hydroxylation sites is 1. The average molecular weight is 337 g/mol. The number of nitrogens with zero attached hydrogens (tertiary/aromatic N) is 4. The van der Waals surface area contributed by atoms with E-state index in [0.717, 1.165) is 44.0 Å². The predicted molar refractivity (Wildman–Crippen MR) is 97.1 cm³/mol. The Morgan fingerprint density at radius 1 is 1.00 bits per heavy atom. The van der Waals surface area contributed by atoms with E-state index in [9.17, 15) is 4.79 Å². The fourth-order valence-corrected chi connectivity index (χ4v) is 3.46. The summed E-state index contributed by atoms with van der Waals surface area (Å²) in [6, 6.07) is 13.8. The van der Waals surface area contributed by atoms with E-state index in [-0.39, 0.29) is 5.69 Å². The quantitative estimate of drug-likeness (QED) is 0.775. The highest BCUT2D eigenvalue weighted by atomic mass is 16.2. The fourth-order valence-electron chi connectivity index (χ4n) is 3.46. The highest BCUT2D eigenvalue weighted by Gasteiger charge is 2.24. The zero-order valence-electron chi connectivity index (χ0n) is 14.2. The van der Waals surface area contributed by atoms with Crippen molar-refractivity contribution in [3.63, 3.8) is 0 Å². The number of aromatic nitrogens is 4. The van der Waals surface area contributed by atoms with Gasteiger partial charge in [-0.05, 0) is 50.2 Å². The Labute approximate surface area is 146 Å². The smallest absolute Gasteiger partial charge is 0.350 e. The van der Waals surface area contributed by atoms with Gasteiger partial charge in [0, 0.05) is 24.9 Å². The number of aryl methyl sites for hydroxylation is 2. The van der Waals surface area contributed by atoms with E-state index in [0.29, 0.717) is 12.5 Å². The second-order valence-corrected chi connectivity index (χ2v) is 6.48. The maximum atomic E-state index is 13.0. The molecular formula is C19H23N5O. The number of piperidine rings is 1. The van der Waals surface area contributed by atoms with Gasteiger partial charge in [-0.3, -0.25) is 0 Å². The van der Waals surface area contributed by atoms with Crippen LogP contribution in [-0.2, 0) is 13.1 Å². The summed E-state index contributed by atoms with van der Waals surface area (Å²) in [4.78, 5) is 13.0. The number of hydrogen-bond acceptors (Lipinski definition) is 3. The molecule has 0 aliphatic carbocycles. The van der Waals surface area contributed by atoms with Crippen LogP contribution in [0.5, 0.6) is 0 Å². The fraction of sp³-hybridized carbons (Fsp3) is 0.368. The van der Waals surface area contributed by atoms with Gasteiger partial charge >= 0.3 is 5.69 Å². The SMILES string of the molecule is O=c1n(CCn2cccc2)nc(C2CCNCC2)n1-c1ccccc1. The van der Waals surface area contributed by atoms with Crippen molar-refractivity contribution in [1.82, 2.24) is 24.2 Å². The average Bonchev–Trinajstić information content (AvgIpc) is 3.29. The van der Waals surface area contributed by atoms with Gasteiger partial charge in [-0.25, -0.2) is 14.0 Å². The molecule has 3 aromatic rings. The summed E-state index contributed by atoms with van der Waals surface area (Å²) in [5, 5.41) is 8.12. The molecule has 1 saturated heterocycles. The number of rotatable bonds is 5. The topological polar surface area (TPSA) is 56.8 Å². The Morgan fingerprint density at radius 2 is 1.72 bits per heavy atom. The van der Waals surface area contributed by atoms with E-state index in [1.807, 2.05) is 54.9 Å². The summed E-state index contributed by atoms with van der Waals surface area (Å²) in [5.41, 5.74) is 0.847. The molecule has 6 nitrogen and oxygen atoms in total. The molecule has 1 N–H and O–H groups in total. The maximum absolute atomic E-state index is 13.0. The molecule has 0 unspecified atom stereocenters. The molecule has 1 aliphatic rings. The molecule has 130 valence electrons. The molecule has 0 saturated carbocycles. The zero-order chi connectivity index (χ0) is 17.1. The van der Waals surface area contributed by atoms with Gasteiger partial charge in [0.15, 0.2) is 0 Å². The first kappa shape index (κ1) is 15.9. The number of benzene rings is 1. The summed E-state index contributed by atoms with van der Waals surface area (Å²) in [7, 11) is 0. The van der Waals surface area contributed by atoms with E-state index in [1.54, 1.807) is 9.25 Å². The Morgan fingerprint density at radius 3 is 2.44 bits per heavy atom. The van der Waals surface area contributed by atoms with Crippen LogP contribution in [0, 0.1) is 0 Å². The third-order valence-electron chi connectivity index (χ3n) is 4.82. The monoisotopic (exact) mass is 337 g/mol. The van der Waals surface area contributed by atoms with Gasteiger partial charge in [0.2, 0.25) is 0 Å². The maximum Gasteiger partial charge on any atom is 0.350 e. The van der Waals surface area contributed by atoms with E-state index >= 15 is 0 Å². The Hall–Kier alpha value is -2.60. The molecule has 6 heteroatoms. The molecule has 1 fully saturated rings. The minimum atomic E-state index is -0.0492. The van der Waals surface area contributed by atoms with Crippen molar-refractivity contribution in [2.45, 2.75) is 31.8 Å². The summed E-state index contributed by atoms with van der Waals surface area (Å²) in [6.45, 7) is 3.27. The highest BCUT2D eigenvalue weighted by molar-refractivity contribution is 5.33. The van der Waals surface area contributed by atoms with Crippen LogP contribution in [0.25, 0.3) is 5.69 Å². The van der Waals surface area contributed by atoms with E-state index in [2.05, 4.69) is 9.88 Å². The lowest BCUT2D eigenvalue weighted by molar-refractivity contribution is 0.435. The minimum Gasteiger partial charge on any atom is -0.352 e. The van der Waals surface area contributed by atoms with Crippen molar-refractivity contribution in [3.05, 3.63) is 71.2 Å². The summed E-state index contributed by atoms with van der Waals surface area (Å²) < 4.78 is 5.48. The standard InChI is InChI=1S/C19H23N5O/c25-19-23(15-14-22-12-4-5-13-22)21-18(16-8-10-20-11-9-16)24(19)17-6-2-1-3-7-17/h1-7,12-13,16,20H,8-11,14-15H2. The third-order valence-corrected chi connectivity index (χ3v) is 4.82. The van der Waals surface area contributed by atoms with E-state index in [1.165, 1.54) is 0 Å². The third kappa shape index (κ3) is 3.30. The number of nitrogens with one attached hydrogen (secondary N) is 1. The first-order valence-corrected chi connectivity index (χ1v) is 8.89. The van der Waals surface area contributed by atoms with Crippen molar-refractivity contribution < 1.29 is 0 Å². The number of hydrogen-bond donors (Lipinski definition) is 1. The van der Waals surface area contributed by atoms with Gasteiger partial charge in [-0.15, -0.1) is 0 Å². The van der Waals surface area contributed by atoms with Gasteiger partial charge < -0.3 is 9.88 Å². The van der Waals surface area contributed by atoms with Gasteiger partial charge in [0.05, 0.1) is 12.2 Å². The van der Waals surface area contributed by atoms with Crippen molar-refractivity contribution >= 4 is 0 Å². The molecule has 4 rings (SSSR count). The van der Waals surface area contributed by atoms with Crippen LogP contribution >= 0.6 is 0 Å². The lowest BCUT2D eigenvalue weighted by atomic mass is 9.97. The van der Waals surface area contributed by atoms with Crippen LogP contribution in [0.15, 0.2) is 59.7 Å². The second kappa shape index (κ2) is 7.11. The van der Waals surface area contributed by atoms with Gasteiger partial charge in [-0.2, -0.15) is 5.10 Å². The van der Waals surface area contributed by atoms with Crippen LogP contribution in [-0.4, -0.2) is 32.0 Å². The zero-order valence-corrected chi connectivity index (χ0v) is 14.2. The summed E-state index contributed by atoms with van der Waals surface area (Å²) in [5.74, 6) is 1.21. The van der Waals surface area contributed by atoms with Crippen LogP contribution < -0.4 is 11.0 Å². The van der Waals surface area contributed by atoms with Gasteiger partial charge in [-0.1, -0.05) is 18.2 Å². The van der Waals surface area contributed by atoms with E-state index in [4.69, 9.17) is 5.10 Å². The normalized spacial score (nSPS) is 15.5. The van der Waals surface area contributed by atoms with Crippen molar-refractivity contribution in [2.24, 2.45) is 0 Å². The molecule has 0 radical (unpaired) electrons. The molecule has 3 heterocycles. The molecule has 1 aliphatic heterocycles. The first-order valence-electron chi connectivity index (χ1n) is 8.89. The molecule has 0 spiro atoms. The Balaban J connectivity index is 1.70. The minimum absolute atomic E-state index is 0.0492. The van der Waals surface area contributed by atoms with Gasteiger partial charge in [0.25, 0.3) is 0 Å². The van der Waals surface area contributed by atoms with Crippen molar-refractivity contribution in [2.75, 3.05) is 13.1 Å².